The number of aromatic nitrogens is 2. The van der Waals surface area contributed by atoms with Crippen LogP contribution < -0.4 is 5.32 Å². The third-order valence-corrected chi connectivity index (χ3v) is 2.54. The molecule has 16 heavy (non-hydrogen) atoms. The van der Waals surface area contributed by atoms with Crippen LogP contribution in [0.15, 0.2) is 47.3 Å². The molecule has 4 nitrogen and oxygen atoms in total. The molecule has 0 radical (unpaired) electrons. The number of rotatable bonds is 2. The minimum atomic E-state index is -0.237. The Morgan fingerprint density at radius 2 is 1.94 bits per heavy atom. The van der Waals surface area contributed by atoms with Gasteiger partial charge in [-0.2, -0.15) is 0 Å². The largest absolute Gasteiger partial charge is 0.306 e. The van der Waals surface area contributed by atoms with E-state index in [0.717, 1.165) is 0 Å². The summed E-state index contributed by atoms with van der Waals surface area (Å²) in [6, 6.07) is 8.71. The Bertz CT molecular complexity index is 502. The number of hydrogen-bond donors (Lipinski definition) is 1. The van der Waals surface area contributed by atoms with Crippen molar-refractivity contribution in [3.8, 4) is 0 Å². The molecule has 2 aromatic heterocycles. The van der Waals surface area contributed by atoms with Gasteiger partial charge in [0.2, 0.25) is 0 Å². The van der Waals surface area contributed by atoms with Crippen molar-refractivity contribution in [2.45, 2.75) is 0 Å². The fraction of sp³-hybridized carbons (Fsp3) is 0. The van der Waals surface area contributed by atoms with Crippen LogP contribution in [0, 0.1) is 0 Å². The number of halogens is 1. The average Bonchev–Trinajstić information content (AvgIpc) is 2.31. The van der Waals surface area contributed by atoms with E-state index in [4.69, 9.17) is 0 Å². The monoisotopic (exact) mass is 277 g/mol. The maximum absolute atomic E-state index is 11.8. The van der Waals surface area contributed by atoms with Crippen molar-refractivity contribution >= 4 is 27.7 Å². The van der Waals surface area contributed by atoms with Gasteiger partial charge in [0.05, 0.1) is 5.56 Å². The number of pyridine rings is 2. The summed E-state index contributed by atoms with van der Waals surface area (Å²) in [4.78, 5) is 19.8. The Hall–Kier alpha value is -1.75. The molecule has 0 unspecified atom stereocenters. The van der Waals surface area contributed by atoms with Crippen molar-refractivity contribution in [1.82, 2.24) is 9.97 Å². The lowest BCUT2D eigenvalue weighted by Gasteiger charge is -2.04. The number of amides is 1. The molecule has 2 aromatic rings. The lowest BCUT2D eigenvalue weighted by Crippen LogP contribution is -2.13. The molecule has 0 spiro atoms. The van der Waals surface area contributed by atoms with Crippen LogP contribution in [-0.4, -0.2) is 15.9 Å². The highest BCUT2D eigenvalue weighted by Crippen LogP contribution is 2.14. The molecule has 1 N–H and O–H groups in total. The molecule has 2 heterocycles. The van der Waals surface area contributed by atoms with Gasteiger partial charge in [-0.25, -0.2) is 9.97 Å². The van der Waals surface area contributed by atoms with Gasteiger partial charge < -0.3 is 5.32 Å². The summed E-state index contributed by atoms with van der Waals surface area (Å²) < 4.78 is 0.517. The van der Waals surface area contributed by atoms with E-state index in [1.54, 1.807) is 42.7 Å². The first-order chi connectivity index (χ1) is 7.77. The van der Waals surface area contributed by atoms with E-state index in [-0.39, 0.29) is 5.91 Å². The van der Waals surface area contributed by atoms with Gasteiger partial charge >= 0.3 is 0 Å². The summed E-state index contributed by atoms with van der Waals surface area (Å²) in [5.41, 5.74) is 0.480. The van der Waals surface area contributed by atoms with Crippen LogP contribution in [-0.2, 0) is 0 Å². The molecule has 2 rings (SSSR count). The van der Waals surface area contributed by atoms with Crippen molar-refractivity contribution in [1.29, 1.82) is 0 Å². The van der Waals surface area contributed by atoms with Crippen molar-refractivity contribution < 1.29 is 4.79 Å². The van der Waals surface area contributed by atoms with E-state index in [1.165, 1.54) is 0 Å². The highest BCUT2D eigenvalue weighted by Gasteiger charge is 2.10. The fourth-order valence-electron chi connectivity index (χ4n) is 1.18. The summed E-state index contributed by atoms with van der Waals surface area (Å²) in [7, 11) is 0. The van der Waals surface area contributed by atoms with Gasteiger partial charge in [-0.05, 0) is 40.2 Å². The number of hydrogen-bond acceptors (Lipinski definition) is 3. The molecule has 5 heteroatoms. The Labute approximate surface area is 101 Å². The van der Waals surface area contributed by atoms with E-state index in [1.807, 2.05) is 0 Å². The first-order valence-corrected chi connectivity index (χ1v) is 5.39. The Morgan fingerprint density at radius 1 is 1.12 bits per heavy atom. The van der Waals surface area contributed by atoms with Crippen LogP contribution >= 0.6 is 15.9 Å². The maximum Gasteiger partial charge on any atom is 0.259 e. The third-order valence-electron chi connectivity index (χ3n) is 1.91. The van der Waals surface area contributed by atoms with Gasteiger partial charge in [-0.15, -0.1) is 0 Å². The molecule has 0 saturated carbocycles. The summed E-state index contributed by atoms with van der Waals surface area (Å²) in [5.74, 6) is 0.280. The smallest absolute Gasteiger partial charge is 0.259 e. The van der Waals surface area contributed by atoms with Crippen molar-refractivity contribution in [3.05, 3.63) is 52.9 Å². The number of carbonyl (C=O) groups excluding carboxylic acids is 1. The Balaban J connectivity index is 2.19. The van der Waals surface area contributed by atoms with Crippen LogP contribution in [0.4, 0.5) is 5.82 Å². The van der Waals surface area contributed by atoms with E-state index in [9.17, 15) is 4.79 Å². The first-order valence-electron chi connectivity index (χ1n) is 4.60. The second kappa shape index (κ2) is 4.85. The zero-order valence-corrected chi connectivity index (χ0v) is 9.81. The average molecular weight is 278 g/mol. The number of carbonyl (C=O) groups is 1. The van der Waals surface area contributed by atoms with Crippen LogP contribution in [0.1, 0.15) is 10.4 Å². The third kappa shape index (κ3) is 2.43. The lowest BCUT2D eigenvalue weighted by atomic mass is 10.2. The SMILES string of the molecule is O=C(Nc1ccccn1)c1cccnc1Br. The number of nitrogens with one attached hydrogen (secondary N) is 1. The zero-order valence-electron chi connectivity index (χ0n) is 8.22. The normalized spacial score (nSPS) is 9.81. The van der Waals surface area contributed by atoms with Crippen LogP contribution in [0.5, 0.6) is 0 Å². The molecule has 1 amide bonds. The minimum absolute atomic E-state index is 0.237. The highest BCUT2D eigenvalue weighted by atomic mass is 79.9. The lowest BCUT2D eigenvalue weighted by molar-refractivity contribution is 0.102. The maximum atomic E-state index is 11.8. The standard InChI is InChI=1S/C11H8BrN3O/c12-10-8(4-3-7-14-10)11(16)15-9-5-1-2-6-13-9/h1-7H,(H,13,15,16). The summed E-state index contributed by atoms with van der Waals surface area (Å²) >= 11 is 3.22. The molecule has 80 valence electrons. The molecule has 0 saturated heterocycles. The second-order valence-electron chi connectivity index (χ2n) is 3.01. The van der Waals surface area contributed by atoms with E-state index < -0.39 is 0 Å². The topological polar surface area (TPSA) is 54.9 Å². The Kier molecular flexibility index (Phi) is 3.26. The van der Waals surface area contributed by atoms with Crippen LogP contribution in [0.25, 0.3) is 0 Å². The molecule has 0 aliphatic heterocycles. The number of nitrogens with zero attached hydrogens (tertiary/aromatic N) is 2. The quantitative estimate of drug-likeness (QED) is 0.859. The molecule has 0 fully saturated rings. The van der Waals surface area contributed by atoms with Crippen molar-refractivity contribution in [3.63, 3.8) is 0 Å². The van der Waals surface area contributed by atoms with Crippen molar-refractivity contribution in [2.24, 2.45) is 0 Å². The molecule has 0 aliphatic rings. The minimum Gasteiger partial charge on any atom is -0.306 e. The van der Waals surface area contributed by atoms with Gasteiger partial charge in [-0.1, -0.05) is 6.07 Å². The number of anilines is 1. The summed E-state index contributed by atoms with van der Waals surface area (Å²) in [6.45, 7) is 0. The van der Waals surface area contributed by atoms with Crippen LogP contribution in [0.3, 0.4) is 0 Å². The van der Waals surface area contributed by atoms with Gasteiger partial charge in [0.15, 0.2) is 0 Å². The molecular weight excluding hydrogens is 270 g/mol. The first kappa shape index (κ1) is 10.8. The van der Waals surface area contributed by atoms with Crippen molar-refractivity contribution in [2.75, 3.05) is 5.32 Å². The molecule has 0 aliphatic carbocycles. The van der Waals surface area contributed by atoms with Gasteiger partial charge in [0, 0.05) is 12.4 Å². The molecule has 0 atom stereocenters. The van der Waals surface area contributed by atoms with E-state index >= 15 is 0 Å². The predicted molar refractivity (Wildman–Crippen MR) is 64.1 cm³/mol. The van der Waals surface area contributed by atoms with E-state index in [2.05, 4.69) is 31.2 Å². The molecule has 0 bridgehead atoms. The Morgan fingerprint density at radius 3 is 2.62 bits per heavy atom. The second-order valence-corrected chi connectivity index (χ2v) is 3.76. The van der Waals surface area contributed by atoms with Gasteiger partial charge in [0.25, 0.3) is 5.91 Å². The fourth-order valence-corrected chi connectivity index (χ4v) is 1.61. The zero-order chi connectivity index (χ0) is 11.4. The molecule has 0 aromatic carbocycles. The predicted octanol–water partition coefficient (Wildman–Crippen LogP) is 2.49. The summed E-state index contributed by atoms with van der Waals surface area (Å²) in [5, 5.41) is 2.68. The highest BCUT2D eigenvalue weighted by molar-refractivity contribution is 9.10. The van der Waals surface area contributed by atoms with Gasteiger partial charge in [0.1, 0.15) is 10.4 Å². The van der Waals surface area contributed by atoms with Crippen LogP contribution in [0.2, 0.25) is 0 Å². The summed E-state index contributed by atoms with van der Waals surface area (Å²) in [6.07, 6.45) is 3.23. The molecular formula is C11H8BrN3O. The van der Waals surface area contributed by atoms with E-state index in [0.29, 0.717) is 16.0 Å². The van der Waals surface area contributed by atoms with Gasteiger partial charge in [-0.3, -0.25) is 4.79 Å².